The normalized spacial score (nSPS) is 11.0. The van der Waals surface area contributed by atoms with E-state index in [-0.39, 0.29) is 11.5 Å². The average Bonchev–Trinajstić information content (AvgIpc) is 2.73. The zero-order valence-corrected chi connectivity index (χ0v) is 10.4. The Labute approximate surface area is 108 Å². The third-order valence-electron chi connectivity index (χ3n) is 2.93. The monoisotopic (exact) mass is 255 g/mol. The van der Waals surface area contributed by atoms with Gasteiger partial charge in [-0.15, -0.1) is 0 Å². The summed E-state index contributed by atoms with van der Waals surface area (Å²) in [5.74, 6) is 0.100. The number of anilines is 1. The first-order valence-corrected chi connectivity index (χ1v) is 5.89. The van der Waals surface area contributed by atoms with Crippen molar-refractivity contribution in [2.45, 2.75) is 13.5 Å². The number of nitrogens with one attached hydrogen (secondary N) is 1. The van der Waals surface area contributed by atoms with E-state index in [1.807, 2.05) is 29.7 Å². The van der Waals surface area contributed by atoms with Crippen molar-refractivity contribution < 1.29 is 0 Å². The molecule has 0 saturated carbocycles. The molecule has 19 heavy (non-hydrogen) atoms. The Morgan fingerprint density at radius 3 is 3.05 bits per heavy atom. The molecule has 0 bridgehead atoms. The number of aryl methyl sites for hydroxylation is 1. The highest BCUT2D eigenvalue weighted by molar-refractivity contribution is 5.70. The van der Waals surface area contributed by atoms with Crippen LogP contribution in [-0.4, -0.2) is 19.5 Å². The van der Waals surface area contributed by atoms with Gasteiger partial charge in [0.1, 0.15) is 0 Å². The fourth-order valence-corrected chi connectivity index (χ4v) is 2.09. The smallest absolute Gasteiger partial charge is 0.280 e. The third kappa shape index (κ3) is 2.08. The van der Waals surface area contributed by atoms with Crippen LogP contribution in [0.25, 0.3) is 11.2 Å². The van der Waals surface area contributed by atoms with Gasteiger partial charge in [-0.3, -0.25) is 9.78 Å². The summed E-state index contributed by atoms with van der Waals surface area (Å²) in [6.45, 7) is 2.64. The van der Waals surface area contributed by atoms with Gasteiger partial charge in [-0.2, -0.15) is 4.98 Å². The molecule has 0 unspecified atom stereocenters. The quantitative estimate of drug-likeness (QED) is 0.716. The number of rotatable bonds is 2. The maximum Gasteiger partial charge on any atom is 0.280 e. The Morgan fingerprint density at radius 1 is 1.42 bits per heavy atom. The second kappa shape index (κ2) is 4.24. The van der Waals surface area contributed by atoms with Crippen molar-refractivity contribution in [1.29, 1.82) is 0 Å². The molecule has 0 saturated heterocycles. The van der Waals surface area contributed by atoms with Gasteiger partial charge in [0, 0.05) is 0 Å². The lowest BCUT2D eigenvalue weighted by atomic mass is 10.1. The van der Waals surface area contributed by atoms with Crippen molar-refractivity contribution in [1.82, 2.24) is 19.5 Å². The summed E-state index contributed by atoms with van der Waals surface area (Å²) >= 11 is 0. The molecule has 3 rings (SSSR count). The first-order valence-electron chi connectivity index (χ1n) is 5.89. The molecule has 6 nitrogen and oxygen atoms in total. The number of aromatic amines is 1. The van der Waals surface area contributed by atoms with E-state index < -0.39 is 0 Å². The minimum Gasteiger partial charge on any atom is -0.369 e. The van der Waals surface area contributed by atoms with Gasteiger partial charge in [0.15, 0.2) is 11.2 Å². The van der Waals surface area contributed by atoms with Gasteiger partial charge in [0.05, 0.1) is 12.9 Å². The third-order valence-corrected chi connectivity index (χ3v) is 2.93. The number of H-pyrrole nitrogens is 1. The fraction of sp³-hybridized carbons (Fsp3) is 0.154. The van der Waals surface area contributed by atoms with Crippen LogP contribution in [0.4, 0.5) is 5.95 Å². The van der Waals surface area contributed by atoms with Crippen LogP contribution in [0.1, 0.15) is 11.1 Å². The predicted octanol–water partition coefficient (Wildman–Crippen LogP) is 1.06. The van der Waals surface area contributed by atoms with Crippen LogP contribution in [0.15, 0.2) is 35.4 Å². The zero-order chi connectivity index (χ0) is 13.4. The van der Waals surface area contributed by atoms with E-state index in [9.17, 15) is 4.79 Å². The molecule has 0 atom stereocenters. The zero-order valence-electron chi connectivity index (χ0n) is 10.4. The SMILES string of the molecule is Cc1cccc(Cn2cnc3c(=O)[nH]c(N)nc32)c1. The lowest BCUT2D eigenvalue weighted by Crippen LogP contribution is -2.12. The van der Waals surface area contributed by atoms with Gasteiger partial charge in [0.25, 0.3) is 5.56 Å². The molecule has 0 fully saturated rings. The highest BCUT2D eigenvalue weighted by Gasteiger charge is 2.09. The molecule has 0 aliphatic carbocycles. The Balaban J connectivity index is 2.09. The van der Waals surface area contributed by atoms with Crippen LogP contribution in [0, 0.1) is 6.92 Å². The van der Waals surface area contributed by atoms with Crippen molar-refractivity contribution in [2.75, 3.05) is 5.73 Å². The number of imidazole rings is 1. The number of nitrogens with zero attached hydrogens (tertiary/aromatic N) is 3. The lowest BCUT2D eigenvalue weighted by molar-refractivity contribution is 0.813. The number of hydrogen-bond acceptors (Lipinski definition) is 4. The van der Waals surface area contributed by atoms with Gasteiger partial charge in [-0.1, -0.05) is 29.8 Å². The molecular weight excluding hydrogens is 242 g/mol. The van der Waals surface area contributed by atoms with Crippen LogP contribution in [-0.2, 0) is 6.54 Å². The van der Waals surface area contributed by atoms with Gasteiger partial charge < -0.3 is 10.3 Å². The summed E-state index contributed by atoms with van der Waals surface area (Å²) in [5, 5.41) is 0. The number of hydrogen-bond donors (Lipinski definition) is 2. The summed E-state index contributed by atoms with van der Waals surface area (Å²) in [4.78, 5) is 22.3. The van der Waals surface area contributed by atoms with E-state index >= 15 is 0 Å². The number of nitrogens with two attached hydrogens (primary N) is 1. The maximum absolute atomic E-state index is 11.7. The second-order valence-electron chi connectivity index (χ2n) is 4.48. The highest BCUT2D eigenvalue weighted by Crippen LogP contribution is 2.11. The van der Waals surface area contributed by atoms with E-state index in [0.717, 1.165) is 5.56 Å². The van der Waals surface area contributed by atoms with E-state index in [0.29, 0.717) is 17.7 Å². The van der Waals surface area contributed by atoms with Gasteiger partial charge in [-0.05, 0) is 12.5 Å². The summed E-state index contributed by atoms with van der Waals surface area (Å²) in [5.41, 5.74) is 8.37. The molecule has 96 valence electrons. The lowest BCUT2D eigenvalue weighted by Gasteiger charge is -2.05. The predicted molar refractivity (Wildman–Crippen MR) is 72.8 cm³/mol. The minimum absolute atomic E-state index is 0.100. The van der Waals surface area contributed by atoms with Gasteiger partial charge >= 0.3 is 0 Å². The maximum atomic E-state index is 11.7. The second-order valence-corrected chi connectivity index (χ2v) is 4.48. The van der Waals surface area contributed by atoms with Crippen molar-refractivity contribution in [3.8, 4) is 0 Å². The standard InChI is InChI=1S/C13H13N5O/c1-8-3-2-4-9(5-8)6-18-7-15-10-11(18)16-13(14)17-12(10)19/h2-5,7H,6H2,1H3,(H3,14,16,17,19). The molecule has 0 spiro atoms. The van der Waals surface area contributed by atoms with Crippen molar-refractivity contribution in [3.63, 3.8) is 0 Å². The van der Waals surface area contributed by atoms with Crippen molar-refractivity contribution >= 4 is 17.1 Å². The van der Waals surface area contributed by atoms with Gasteiger partial charge in [0.2, 0.25) is 5.95 Å². The molecule has 0 aliphatic rings. The molecule has 0 radical (unpaired) electrons. The van der Waals surface area contributed by atoms with Crippen LogP contribution >= 0.6 is 0 Å². The Bertz CT molecular complexity index is 802. The molecular formula is C13H13N5O. The molecule has 3 N–H and O–H groups in total. The molecule has 1 aromatic carbocycles. The Morgan fingerprint density at radius 2 is 2.26 bits per heavy atom. The van der Waals surface area contributed by atoms with E-state index in [1.165, 1.54) is 5.56 Å². The molecule has 0 amide bonds. The summed E-state index contributed by atoms with van der Waals surface area (Å²) < 4.78 is 1.82. The van der Waals surface area contributed by atoms with Crippen LogP contribution in [0.5, 0.6) is 0 Å². The van der Waals surface area contributed by atoms with Crippen molar-refractivity contribution in [3.05, 3.63) is 52.1 Å². The average molecular weight is 255 g/mol. The molecule has 0 aliphatic heterocycles. The minimum atomic E-state index is -0.314. The number of aromatic nitrogens is 4. The summed E-state index contributed by atoms with van der Waals surface area (Å²) in [6, 6.07) is 8.15. The summed E-state index contributed by atoms with van der Waals surface area (Å²) in [7, 11) is 0. The Hall–Kier alpha value is -2.63. The largest absolute Gasteiger partial charge is 0.369 e. The van der Waals surface area contributed by atoms with E-state index in [4.69, 9.17) is 5.73 Å². The molecule has 3 aromatic rings. The van der Waals surface area contributed by atoms with Crippen LogP contribution in [0.2, 0.25) is 0 Å². The fourth-order valence-electron chi connectivity index (χ4n) is 2.09. The van der Waals surface area contributed by atoms with Crippen LogP contribution < -0.4 is 11.3 Å². The van der Waals surface area contributed by atoms with Crippen LogP contribution in [0.3, 0.4) is 0 Å². The Kier molecular flexibility index (Phi) is 2.56. The molecule has 2 aromatic heterocycles. The molecule has 6 heteroatoms. The molecule has 2 heterocycles. The first-order chi connectivity index (χ1) is 9.13. The van der Waals surface area contributed by atoms with E-state index in [2.05, 4.69) is 21.0 Å². The first kappa shape index (κ1) is 11.5. The highest BCUT2D eigenvalue weighted by atomic mass is 16.1. The van der Waals surface area contributed by atoms with Crippen molar-refractivity contribution in [2.24, 2.45) is 0 Å². The van der Waals surface area contributed by atoms with E-state index in [1.54, 1.807) is 6.33 Å². The summed E-state index contributed by atoms with van der Waals surface area (Å²) in [6.07, 6.45) is 1.61. The number of benzene rings is 1. The number of nitrogen functional groups attached to an aromatic ring is 1. The van der Waals surface area contributed by atoms with Gasteiger partial charge in [-0.25, -0.2) is 4.98 Å². The number of fused-ring (bicyclic) bond motifs is 1. The topological polar surface area (TPSA) is 89.6 Å².